The molecule has 3 N–H and O–H groups in total. The summed E-state index contributed by atoms with van der Waals surface area (Å²) < 4.78 is 0. The van der Waals surface area contributed by atoms with E-state index < -0.39 is 0 Å². The zero-order valence-electron chi connectivity index (χ0n) is 9.04. The highest BCUT2D eigenvalue weighted by atomic mass is 16.3. The van der Waals surface area contributed by atoms with Crippen LogP contribution in [0.5, 0.6) is 5.75 Å². The molecule has 0 radical (unpaired) electrons. The second-order valence-electron chi connectivity index (χ2n) is 3.37. The van der Waals surface area contributed by atoms with Crippen molar-refractivity contribution in [2.75, 3.05) is 23.7 Å². The molecule has 0 atom stereocenters. The topological polar surface area (TPSA) is 49.5 Å². The fourth-order valence-electron chi connectivity index (χ4n) is 1.61. The molecule has 1 aromatic rings. The molecule has 0 amide bonds. The first-order chi connectivity index (χ1) is 6.60. The van der Waals surface area contributed by atoms with E-state index in [1.54, 1.807) is 6.07 Å². The van der Waals surface area contributed by atoms with E-state index in [1.165, 1.54) is 0 Å². The van der Waals surface area contributed by atoms with E-state index in [-0.39, 0.29) is 5.75 Å². The van der Waals surface area contributed by atoms with Crippen LogP contribution in [-0.4, -0.2) is 18.2 Å². The number of hydrogen-bond donors (Lipinski definition) is 2. The van der Waals surface area contributed by atoms with E-state index in [0.717, 1.165) is 24.3 Å². The lowest BCUT2D eigenvalue weighted by molar-refractivity contribution is 0.478. The molecular weight excluding hydrogens is 176 g/mol. The van der Waals surface area contributed by atoms with Crippen LogP contribution in [0.3, 0.4) is 0 Å². The third-order valence-corrected chi connectivity index (χ3v) is 2.45. The standard InChI is InChI=1S/C11H18N2O/c1-4-13(5-2)10-7-11(14)9(12)6-8(10)3/h6-7,14H,4-5,12H2,1-3H3. The number of aryl methyl sites for hydroxylation is 1. The fraction of sp³-hybridized carbons (Fsp3) is 0.455. The normalized spacial score (nSPS) is 10.2. The number of phenols is 1. The van der Waals surface area contributed by atoms with Gasteiger partial charge in [0, 0.05) is 24.8 Å². The van der Waals surface area contributed by atoms with Gasteiger partial charge in [-0.1, -0.05) is 0 Å². The molecule has 0 aliphatic carbocycles. The summed E-state index contributed by atoms with van der Waals surface area (Å²) in [5, 5.41) is 9.51. The monoisotopic (exact) mass is 194 g/mol. The maximum atomic E-state index is 9.51. The molecule has 0 fully saturated rings. The van der Waals surface area contributed by atoms with Crippen LogP contribution in [0.1, 0.15) is 19.4 Å². The van der Waals surface area contributed by atoms with Gasteiger partial charge in [-0.15, -0.1) is 0 Å². The smallest absolute Gasteiger partial charge is 0.140 e. The molecule has 0 saturated heterocycles. The molecule has 1 aromatic carbocycles. The van der Waals surface area contributed by atoms with Crippen molar-refractivity contribution in [2.24, 2.45) is 0 Å². The molecule has 78 valence electrons. The summed E-state index contributed by atoms with van der Waals surface area (Å²) >= 11 is 0. The van der Waals surface area contributed by atoms with Gasteiger partial charge in [0.15, 0.2) is 0 Å². The Labute approximate surface area is 85.2 Å². The van der Waals surface area contributed by atoms with E-state index in [2.05, 4.69) is 18.7 Å². The van der Waals surface area contributed by atoms with Crippen LogP contribution in [-0.2, 0) is 0 Å². The Balaban J connectivity index is 3.14. The van der Waals surface area contributed by atoms with Gasteiger partial charge in [0.05, 0.1) is 5.69 Å². The maximum absolute atomic E-state index is 9.51. The highest BCUT2D eigenvalue weighted by Crippen LogP contribution is 2.30. The van der Waals surface area contributed by atoms with Gasteiger partial charge < -0.3 is 15.7 Å². The largest absolute Gasteiger partial charge is 0.506 e. The minimum absolute atomic E-state index is 0.164. The van der Waals surface area contributed by atoms with Gasteiger partial charge in [0.25, 0.3) is 0 Å². The summed E-state index contributed by atoms with van der Waals surface area (Å²) in [6.45, 7) is 8.05. The number of rotatable bonds is 3. The van der Waals surface area contributed by atoms with E-state index in [1.807, 2.05) is 13.0 Å². The van der Waals surface area contributed by atoms with E-state index >= 15 is 0 Å². The van der Waals surface area contributed by atoms with Gasteiger partial charge in [-0.3, -0.25) is 0 Å². The third-order valence-electron chi connectivity index (χ3n) is 2.45. The summed E-state index contributed by atoms with van der Waals surface area (Å²) in [4.78, 5) is 2.19. The molecule has 0 aromatic heterocycles. The average molecular weight is 194 g/mol. The van der Waals surface area contributed by atoms with Crippen molar-refractivity contribution < 1.29 is 5.11 Å². The van der Waals surface area contributed by atoms with Gasteiger partial charge in [-0.25, -0.2) is 0 Å². The molecule has 14 heavy (non-hydrogen) atoms. The lowest BCUT2D eigenvalue weighted by atomic mass is 10.1. The zero-order chi connectivity index (χ0) is 10.7. The SMILES string of the molecule is CCN(CC)c1cc(O)c(N)cc1C. The van der Waals surface area contributed by atoms with Gasteiger partial charge >= 0.3 is 0 Å². The molecular formula is C11H18N2O. The Bertz CT molecular complexity index is 319. The minimum atomic E-state index is 0.164. The fourth-order valence-corrected chi connectivity index (χ4v) is 1.61. The number of phenolic OH excluding ortho intramolecular Hbond substituents is 1. The molecule has 0 aliphatic heterocycles. The number of benzene rings is 1. The second-order valence-corrected chi connectivity index (χ2v) is 3.37. The Morgan fingerprint density at radius 2 is 1.86 bits per heavy atom. The van der Waals surface area contributed by atoms with Crippen molar-refractivity contribution in [3.05, 3.63) is 17.7 Å². The first-order valence-corrected chi connectivity index (χ1v) is 4.94. The number of nitrogen functional groups attached to an aromatic ring is 1. The van der Waals surface area contributed by atoms with Crippen molar-refractivity contribution in [1.29, 1.82) is 0 Å². The molecule has 0 unspecified atom stereocenters. The van der Waals surface area contributed by atoms with Crippen molar-refractivity contribution >= 4 is 11.4 Å². The molecule has 0 heterocycles. The summed E-state index contributed by atoms with van der Waals surface area (Å²) in [6, 6.07) is 3.54. The third kappa shape index (κ3) is 1.92. The van der Waals surface area contributed by atoms with Crippen molar-refractivity contribution in [2.45, 2.75) is 20.8 Å². The Morgan fingerprint density at radius 3 is 2.36 bits per heavy atom. The first kappa shape index (κ1) is 10.7. The van der Waals surface area contributed by atoms with Crippen LogP contribution in [0.15, 0.2) is 12.1 Å². The number of anilines is 2. The summed E-state index contributed by atoms with van der Waals surface area (Å²) in [5.41, 5.74) is 8.21. The summed E-state index contributed by atoms with van der Waals surface area (Å²) in [5.74, 6) is 0.164. The Hall–Kier alpha value is -1.38. The van der Waals surface area contributed by atoms with Gasteiger partial charge in [-0.2, -0.15) is 0 Å². The molecule has 0 aliphatic rings. The molecule has 3 heteroatoms. The van der Waals surface area contributed by atoms with Gasteiger partial charge in [-0.05, 0) is 32.4 Å². The Kier molecular flexibility index (Phi) is 3.23. The quantitative estimate of drug-likeness (QED) is 0.572. The first-order valence-electron chi connectivity index (χ1n) is 4.94. The molecule has 0 spiro atoms. The van der Waals surface area contributed by atoms with Gasteiger partial charge in [0.2, 0.25) is 0 Å². The lowest BCUT2D eigenvalue weighted by Crippen LogP contribution is -2.22. The highest BCUT2D eigenvalue weighted by Gasteiger charge is 2.08. The number of nitrogens with two attached hydrogens (primary N) is 1. The molecule has 3 nitrogen and oxygen atoms in total. The van der Waals surface area contributed by atoms with E-state index in [0.29, 0.717) is 5.69 Å². The summed E-state index contributed by atoms with van der Waals surface area (Å²) in [7, 11) is 0. The van der Waals surface area contributed by atoms with Gasteiger partial charge in [0.1, 0.15) is 5.75 Å². The molecule has 0 bridgehead atoms. The number of hydrogen-bond acceptors (Lipinski definition) is 3. The summed E-state index contributed by atoms with van der Waals surface area (Å²) in [6.07, 6.45) is 0. The lowest BCUT2D eigenvalue weighted by Gasteiger charge is -2.23. The highest BCUT2D eigenvalue weighted by molar-refractivity contribution is 5.66. The van der Waals surface area contributed by atoms with Crippen LogP contribution < -0.4 is 10.6 Å². The maximum Gasteiger partial charge on any atom is 0.140 e. The predicted octanol–water partition coefficient (Wildman–Crippen LogP) is 2.13. The molecule has 1 rings (SSSR count). The zero-order valence-corrected chi connectivity index (χ0v) is 9.04. The predicted molar refractivity (Wildman–Crippen MR) is 60.8 cm³/mol. The van der Waals surface area contributed by atoms with E-state index in [4.69, 9.17) is 5.73 Å². The number of aromatic hydroxyl groups is 1. The second kappa shape index (κ2) is 4.22. The van der Waals surface area contributed by atoms with Crippen LogP contribution >= 0.6 is 0 Å². The van der Waals surface area contributed by atoms with Crippen LogP contribution in [0.4, 0.5) is 11.4 Å². The van der Waals surface area contributed by atoms with Crippen LogP contribution in [0.25, 0.3) is 0 Å². The molecule has 0 saturated carbocycles. The van der Waals surface area contributed by atoms with Crippen molar-refractivity contribution in [1.82, 2.24) is 0 Å². The van der Waals surface area contributed by atoms with Crippen molar-refractivity contribution in [3.8, 4) is 5.75 Å². The van der Waals surface area contributed by atoms with Crippen LogP contribution in [0, 0.1) is 6.92 Å². The van der Waals surface area contributed by atoms with Crippen molar-refractivity contribution in [3.63, 3.8) is 0 Å². The number of nitrogens with zero attached hydrogens (tertiary/aromatic N) is 1. The minimum Gasteiger partial charge on any atom is -0.506 e. The Morgan fingerprint density at radius 1 is 1.29 bits per heavy atom. The van der Waals surface area contributed by atoms with E-state index in [9.17, 15) is 5.11 Å². The average Bonchev–Trinajstić information content (AvgIpc) is 2.15. The van der Waals surface area contributed by atoms with Crippen LogP contribution in [0.2, 0.25) is 0 Å².